The quantitative estimate of drug-likeness (QED) is 0.855. The van der Waals surface area contributed by atoms with Crippen LogP contribution < -0.4 is 10.6 Å². The number of amides is 1. The van der Waals surface area contributed by atoms with Gasteiger partial charge in [0.15, 0.2) is 0 Å². The van der Waals surface area contributed by atoms with Crippen molar-refractivity contribution in [2.75, 3.05) is 25.0 Å². The van der Waals surface area contributed by atoms with Crippen molar-refractivity contribution < 1.29 is 9.53 Å². The Kier molecular flexibility index (Phi) is 5.36. The lowest BCUT2D eigenvalue weighted by Crippen LogP contribution is -2.37. The van der Waals surface area contributed by atoms with Crippen LogP contribution >= 0.6 is 0 Å². The van der Waals surface area contributed by atoms with Gasteiger partial charge in [-0.3, -0.25) is 4.79 Å². The van der Waals surface area contributed by atoms with E-state index in [1.807, 2.05) is 31.2 Å². The fourth-order valence-corrected chi connectivity index (χ4v) is 2.29. The van der Waals surface area contributed by atoms with Gasteiger partial charge in [0.2, 0.25) is 5.91 Å². The van der Waals surface area contributed by atoms with E-state index in [4.69, 9.17) is 4.74 Å². The Balaban J connectivity index is 1.99. The molecule has 1 saturated heterocycles. The van der Waals surface area contributed by atoms with E-state index in [1.165, 1.54) is 0 Å². The van der Waals surface area contributed by atoms with E-state index in [9.17, 15) is 4.79 Å². The zero-order chi connectivity index (χ0) is 13.5. The van der Waals surface area contributed by atoms with E-state index in [1.54, 1.807) is 0 Å². The Hall–Kier alpha value is -1.39. The molecule has 4 heteroatoms. The number of anilines is 1. The average molecular weight is 262 g/mol. The summed E-state index contributed by atoms with van der Waals surface area (Å²) in [6, 6.07) is 7.82. The normalized spacial score (nSPS) is 19.1. The molecule has 1 aromatic carbocycles. The van der Waals surface area contributed by atoms with Crippen molar-refractivity contribution in [1.82, 2.24) is 5.32 Å². The summed E-state index contributed by atoms with van der Waals surface area (Å²) >= 11 is 0. The zero-order valence-corrected chi connectivity index (χ0v) is 11.4. The first kappa shape index (κ1) is 14.0. The van der Waals surface area contributed by atoms with Crippen molar-refractivity contribution in [3.05, 3.63) is 29.8 Å². The molecule has 0 aromatic heterocycles. The predicted octanol–water partition coefficient (Wildman–Crippen LogP) is 2.16. The van der Waals surface area contributed by atoms with Crippen molar-refractivity contribution in [1.29, 1.82) is 0 Å². The molecule has 1 amide bonds. The molecule has 4 nitrogen and oxygen atoms in total. The zero-order valence-electron chi connectivity index (χ0n) is 11.4. The minimum absolute atomic E-state index is 0.0777. The molecule has 19 heavy (non-hydrogen) atoms. The molecule has 1 atom stereocenters. The van der Waals surface area contributed by atoms with Crippen LogP contribution in [0.3, 0.4) is 0 Å². The van der Waals surface area contributed by atoms with Gasteiger partial charge in [-0.1, -0.05) is 18.2 Å². The van der Waals surface area contributed by atoms with Crippen LogP contribution in [0.4, 0.5) is 5.69 Å². The van der Waals surface area contributed by atoms with Gasteiger partial charge in [0.25, 0.3) is 0 Å². The largest absolute Gasteiger partial charge is 0.377 e. The first-order chi connectivity index (χ1) is 9.31. The van der Waals surface area contributed by atoms with E-state index in [2.05, 4.69) is 10.6 Å². The third-order valence-electron chi connectivity index (χ3n) is 3.40. The molecule has 2 N–H and O–H groups in total. The van der Waals surface area contributed by atoms with Crippen LogP contribution in [0.5, 0.6) is 0 Å². The number of ether oxygens (including phenoxy) is 1. The molecule has 1 fully saturated rings. The molecule has 1 aliphatic rings. The van der Waals surface area contributed by atoms with Gasteiger partial charge in [0.05, 0.1) is 12.5 Å². The SMILES string of the molecule is CCOCc1ccccc1NC(=O)[C@@H]1CCCNC1. The Labute approximate surface area is 114 Å². The smallest absolute Gasteiger partial charge is 0.228 e. The van der Waals surface area contributed by atoms with E-state index in [0.29, 0.717) is 13.2 Å². The van der Waals surface area contributed by atoms with E-state index >= 15 is 0 Å². The second-order valence-corrected chi connectivity index (χ2v) is 4.83. The van der Waals surface area contributed by atoms with Crippen molar-refractivity contribution >= 4 is 11.6 Å². The Morgan fingerprint density at radius 1 is 1.47 bits per heavy atom. The van der Waals surface area contributed by atoms with Gasteiger partial charge < -0.3 is 15.4 Å². The number of hydrogen-bond acceptors (Lipinski definition) is 3. The van der Waals surface area contributed by atoms with Crippen LogP contribution in [0, 0.1) is 5.92 Å². The highest BCUT2D eigenvalue weighted by Crippen LogP contribution is 2.19. The number of benzene rings is 1. The molecule has 0 bridgehead atoms. The molecular weight excluding hydrogens is 240 g/mol. The number of hydrogen-bond donors (Lipinski definition) is 2. The Morgan fingerprint density at radius 3 is 3.05 bits per heavy atom. The maximum absolute atomic E-state index is 12.2. The van der Waals surface area contributed by atoms with Crippen molar-refractivity contribution in [3.63, 3.8) is 0 Å². The topological polar surface area (TPSA) is 50.4 Å². The van der Waals surface area contributed by atoms with E-state index < -0.39 is 0 Å². The fourth-order valence-electron chi connectivity index (χ4n) is 2.29. The monoisotopic (exact) mass is 262 g/mol. The molecule has 1 heterocycles. The maximum Gasteiger partial charge on any atom is 0.228 e. The Bertz CT molecular complexity index is 414. The standard InChI is InChI=1S/C15H22N2O2/c1-2-19-11-13-6-3-4-8-14(13)17-15(18)12-7-5-9-16-10-12/h3-4,6,8,12,16H,2,5,7,9-11H2,1H3,(H,17,18)/t12-/m1/s1. The van der Waals surface area contributed by atoms with Crippen molar-refractivity contribution in [2.24, 2.45) is 5.92 Å². The molecule has 0 spiro atoms. The van der Waals surface area contributed by atoms with Crippen LogP contribution in [-0.4, -0.2) is 25.6 Å². The molecule has 0 radical (unpaired) electrons. The van der Waals surface area contributed by atoms with Crippen LogP contribution in [0.1, 0.15) is 25.3 Å². The summed E-state index contributed by atoms with van der Waals surface area (Å²) in [6.45, 7) is 4.98. The summed E-state index contributed by atoms with van der Waals surface area (Å²) < 4.78 is 5.42. The van der Waals surface area contributed by atoms with Crippen LogP contribution in [-0.2, 0) is 16.1 Å². The number of para-hydroxylation sites is 1. The van der Waals surface area contributed by atoms with Gasteiger partial charge in [0, 0.05) is 24.4 Å². The first-order valence-electron chi connectivity index (χ1n) is 6.98. The molecule has 104 valence electrons. The molecule has 1 aromatic rings. The molecule has 0 saturated carbocycles. The van der Waals surface area contributed by atoms with Gasteiger partial charge in [-0.25, -0.2) is 0 Å². The molecule has 2 rings (SSSR count). The van der Waals surface area contributed by atoms with Gasteiger partial charge in [-0.05, 0) is 32.4 Å². The summed E-state index contributed by atoms with van der Waals surface area (Å²) in [5, 5.41) is 6.30. The van der Waals surface area contributed by atoms with Gasteiger partial charge in [-0.2, -0.15) is 0 Å². The van der Waals surface area contributed by atoms with Gasteiger partial charge >= 0.3 is 0 Å². The summed E-state index contributed by atoms with van der Waals surface area (Å²) in [4.78, 5) is 12.2. The molecule has 0 unspecified atom stereocenters. The van der Waals surface area contributed by atoms with Crippen molar-refractivity contribution in [2.45, 2.75) is 26.4 Å². The first-order valence-corrected chi connectivity index (χ1v) is 6.98. The van der Waals surface area contributed by atoms with Gasteiger partial charge in [0.1, 0.15) is 0 Å². The highest BCUT2D eigenvalue weighted by molar-refractivity contribution is 5.93. The van der Waals surface area contributed by atoms with Crippen LogP contribution in [0.25, 0.3) is 0 Å². The number of carbonyl (C=O) groups excluding carboxylic acids is 1. The summed E-state index contributed by atoms with van der Waals surface area (Å²) in [6.07, 6.45) is 2.03. The maximum atomic E-state index is 12.2. The number of piperidine rings is 1. The van der Waals surface area contributed by atoms with Crippen molar-refractivity contribution in [3.8, 4) is 0 Å². The predicted molar refractivity (Wildman–Crippen MR) is 76.0 cm³/mol. The Morgan fingerprint density at radius 2 is 2.32 bits per heavy atom. The highest BCUT2D eigenvalue weighted by atomic mass is 16.5. The van der Waals surface area contributed by atoms with E-state index in [-0.39, 0.29) is 11.8 Å². The van der Waals surface area contributed by atoms with Gasteiger partial charge in [-0.15, -0.1) is 0 Å². The third kappa shape index (κ3) is 4.04. The highest BCUT2D eigenvalue weighted by Gasteiger charge is 2.21. The summed E-state index contributed by atoms with van der Waals surface area (Å²) in [7, 11) is 0. The third-order valence-corrected chi connectivity index (χ3v) is 3.40. The summed E-state index contributed by atoms with van der Waals surface area (Å²) in [5.74, 6) is 0.185. The average Bonchev–Trinajstić information content (AvgIpc) is 2.47. The minimum atomic E-state index is 0.0777. The number of carbonyl (C=O) groups is 1. The lowest BCUT2D eigenvalue weighted by Gasteiger charge is -2.22. The van der Waals surface area contributed by atoms with Crippen LogP contribution in [0.15, 0.2) is 24.3 Å². The molecular formula is C15H22N2O2. The van der Waals surface area contributed by atoms with E-state index in [0.717, 1.165) is 37.2 Å². The second-order valence-electron chi connectivity index (χ2n) is 4.83. The molecule has 0 aliphatic carbocycles. The fraction of sp³-hybridized carbons (Fsp3) is 0.533. The number of nitrogens with one attached hydrogen (secondary N) is 2. The number of rotatable bonds is 5. The molecule has 1 aliphatic heterocycles. The van der Waals surface area contributed by atoms with Crippen LogP contribution in [0.2, 0.25) is 0 Å². The second kappa shape index (κ2) is 7.26. The summed E-state index contributed by atoms with van der Waals surface area (Å²) in [5.41, 5.74) is 1.90. The lowest BCUT2D eigenvalue weighted by molar-refractivity contribution is -0.120. The lowest BCUT2D eigenvalue weighted by atomic mass is 9.98. The minimum Gasteiger partial charge on any atom is -0.377 e.